The molecule has 71 valence electrons. The molecule has 1 aliphatic rings. The van der Waals surface area contributed by atoms with Crippen LogP contribution in [0.15, 0.2) is 24.3 Å². The molecule has 0 atom stereocenters. The van der Waals surface area contributed by atoms with Gasteiger partial charge in [0, 0.05) is 36.1 Å². The Morgan fingerprint density at radius 3 is 2.93 bits per heavy atom. The van der Waals surface area contributed by atoms with Gasteiger partial charge in [-0.3, -0.25) is 0 Å². The quantitative estimate of drug-likeness (QED) is 0.649. The molecule has 1 aromatic carbocycles. The van der Waals surface area contributed by atoms with Crippen LogP contribution in [-0.4, -0.2) is 18.1 Å². The Hall–Kier alpha value is -1.28. The van der Waals surface area contributed by atoms with Gasteiger partial charge in [-0.1, -0.05) is 18.2 Å². The van der Waals surface area contributed by atoms with E-state index in [-0.39, 0.29) is 0 Å². The molecule has 1 aliphatic heterocycles. The molecule has 2 nitrogen and oxygen atoms in total. The Morgan fingerprint density at radius 2 is 1.93 bits per heavy atom. The fourth-order valence-corrected chi connectivity index (χ4v) is 2.25. The second kappa shape index (κ2) is 3.14. The van der Waals surface area contributed by atoms with Crippen molar-refractivity contribution in [3.63, 3.8) is 0 Å². The molecule has 0 bridgehead atoms. The van der Waals surface area contributed by atoms with Crippen LogP contribution in [0.3, 0.4) is 0 Å². The topological polar surface area (TPSA) is 29.9 Å². The van der Waals surface area contributed by atoms with Gasteiger partial charge in [-0.25, -0.2) is 5.32 Å². The molecule has 2 heterocycles. The lowest BCUT2D eigenvalue weighted by atomic mass is 10.1. The molecule has 0 saturated carbocycles. The summed E-state index contributed by atoms with van der Waals surface area (Å²) in [6, 6.07) is 8.55. The molecule has 3 rings (SSSR count). The third kappa shape index (κ3) is 1.15. The Balaban J connectivity index is 2.24. The van der Waals surface area contributed by atoms with Gasteiger partial charge in [0.2, 0.25) is 0 Å². The number of para-hydroxylation sites is 1. The minimum Gasteiger partial charge on any atom is -0.358 e. The van der Waals surface area contributed by atoms with E-state index >= 15 is 0 Å². The van der Waals surface area contributed by atoms with Crippen LogP contribution >= 0.6 is 0 Å². The van der Waals surface area contributed by atoms with Gasteiger partial charge in [-0.2, -0.15) is 0 Å². The van der Waals surface area contributed by atoms with E-state index in [1.807, 2.05) is 0 Å². The van der Waals surface area contributed by atoms with Crippen LogP contribution in [0.4, 0.5) is 0 Å². The summed E-state index contributed by atoms with van der Waals surface area (Å²) < 4.78 is 0. The summed E-state index contributed by atoms with van der Waals surface area (Å²) in [6.45, 7) is 1.95. The first-order chi connectivity index (χ1) is 6.95. The molecule has 1 aromatic heterocycles. The fourth-order valence-electron chi connectivity index (χ4n) is 2.25. The molecule has 2 heteroatoms. The maximum Gasteiger partial charge on any atom is 0.0458 e. The standard InChI is InChI=1S/C12H13N2/c1-2-4-11-9(3-1)10-5-7-13-8-6-12(10)14-11/h1-4,14H,5-8H2. The van der Waals surface area contributed by atoms with Crippen molar-refractivity contribution in [2.45, 2.75) is 12.8 Å². The minimum absolute atomic E-state index is 0.972. The van der Waals surface area contributed by atoms with E-state index in [0.29, 0.717) is 0 Å². The Morgan fingerprint density at radius 1 is 1.07 bits per heavy atom. The smallest absolute Gasteiger partial charge is 0.0458 e. The van der Waals surface area contributed by atoms with Crippen LogP contribution in [0.1, 0.15) is 11.3 Å². The van der Waals surface area contributed by atoms with Crippen LogP contribution in [-0.2, 0) is 12.8 Å². The average molecular weight is 185 g/mol. The highest BCUT2D eigenvalue weighted by Gasteiger charge is 2.13. The molecule has 0 fully saturated rings. The van der Waals surface area contributed by atoms with Gasteiger partial charge in [0.15, 0.2) is 0 Å². The van der Waals surface area contributed by atoms with Crippen molar-refractivity contribution in [2.75, 3.05) is 13.1 Å². The maximum absolute atomic E-state index is 4.44. The van der Waals surface area contributed by atoms with E-state index in [4.69, 9.17) is 0 Å². The molecule has 14 heavy (non-hydrogen) atoms. The first kappa shape index (κ1) is 8.06. The number of aromatic amines is 1. The minimum atomic E-state index is 0.972. The van der Waals surface area contributed by atoms with Gasteiger partial charge in [0.05, 0.1) is 0 Å². The van der Waals surface area contributed by atoms with Crippen LogP contribution in [0.5, 0.6) is 0 Å². The summed E-state index contributed by atoms with van der Waals surface area (Å²) in [7, 11) is 0. The second-order valence-corrected chi connectivity index (χ2v) is 3.80. The lowest BCUT2D eigenvalue weighted by molar-refractivity contribution is 0.693. The van der Waals surface area contributed by atoms with Gasteiger partial charge in [-0.15, -0.1) is 0 Å². The molecule has 0 amide bonds. The van der Waals surface area contributed by atoms with Gasteiger partial charge >= 0.3 is 0 Å². The monoisotopic (exact) mass is 185 g/mol. The summed E-state index contributed by atoms with van der Waals surface area (Å²) in [6.07, 6.45) is 2.17. The molecular weight excluding hydrogens is 172 g/mol. The maximum atomic E-state index is 4.44. The zero-order chi connectivity index (χ0) is 9.38. The molecule has 0 spiro atoms. The van der Waals surface area contributed by atoms with E-state index in [1.165, 1.54) is 22.2 Å². The van der Waals surface area contributed by atoms with Crippen molar-refractivity contribution in [2.24, 2.45) is 0 Å². The predicted octanol–water partition coefficient (Wildman–Crippen LogP) is 1.87. The molecular formula is C12H13N2. The number of hydrogen-bond donors (Lipinski definition) is 1. The third-order valence-corrected chi connectivity index (χ3v) is 2.94. The van der Waals surface area contributed by atoms with Crippen LogP contribution in [0, 0.1) is 0 Å². The largest absolute Gasteiger partial charge is 0.358 e. The second-order valence-electron chi connectivity index (χ2n) is 3.80. The highest BCUT2D eigenvalue weighted by molar-refractivity contribution is 5.84. The number of benzene rings is 1. The lowest BCUT2D eigenvalue weighted by Crippen LogP contribution is -2.07. The number of H-pyrrole nitrogens is 1. The Labute approximate surface area is 83.3 Å². The Bertz CT molecular complexity index is 456. The van der Waals surface area contributed by atoms with E-state index < -0.39 is 0 Å². The average Bonchev–Trinajstić information content (AvgIpc) is 2.42. The molecule has 2 aromatic rings. The van der Waals surface area contributed by atoms with Crippen molar-refractivity contribution in [1.82, 2.24) is 10.3 Å². The van der Waals surface area contributed by atoms with E-state index in [2.05, 4.69) is 34.6 Å². The molecule has 0 saturated heterocycles. The molecule has 1 N–H and O–H groups in total. The van der Waals surface area contributed by atoms with Crippen molar-refractivity contribution in [3.8, 4) is 0 Å². The molecule has 0 aliphatic carbocycles. The van der Waals surface area contributed by atoms with E-state index in [9.17, 15) is 0 Å². The number of fused-ring (bicyclic) bond motifs is 3. The number of nitrogens with one attached hydrogen (secondary N) is 1. The summed E-state index contributed by atoms with van der Waals surface area (Å²) in [5.41, 5.74) is 4.16. The van der Waals surface area contributed by atoms with Crippen LogP contribution in [0.2, 0.25) is 0 Å². The predicted molar refractivity (Wildman–Crippen MR) is 57.6 cm³/mol. The van der Waals surface area contributed by atoms with Crippen LogP contribution < -0.4 is 5.32 Å². The summed E-state index contributed by atoms with van der Waals surface area (Å²) in [5, 5.41) is 5.83. The normalized spacial score (nSPS) is 16.6. The van der Waals surface area contributed by atoms with Gasteiger partial charge in [0.25, 0.3) is 0 Å². The molecule has 1 radical (unpaired) electrons. The SMILES string of the molecule is c1ccc2c3c([nH]c2c1)CC[N]CC3. The van der Waals surface area contributed by atoms with E-state index in [0.717, 1.165) is 25.9 Å². The first-order valence-corrected chi connectivity index (χ1v) is 5.17. The van der Waals surface area contributed by atoms with Crippen molar-refractivity contribution in [1.29, 1.82) is 0 Å². The Kier molecular flexibility index (Phi) is 1.81. The van der Waals surface area contributed by atoms with Gasteiger partial charge < -0.3 is 4.98 Å². The first-order valence-electron chi connectivity index (χ1n) is 5.17. The highest BCUT2D eigenvalue weighted by Crippen LogP contribution is 2.24. The van der Waals surface area contributed by atoms with Crippen molar-refractivity contribution >= 4 is 10.9 Å². The summed E-state index contributed by atoms with van der Waals surface area (Å²) >= 11 is 0. The van der Waals surface area contributed by atoms with Crippen molar-refractivity contribution in [3.05, 3.63) is 35.5 Å². The fraction of sp³-hybridized carbons (Fsp3) is 0.333. The number of rotatable bonds is 0. The van der Waals surface area contributed by atoms with Crippen LogP contribution in [0.25, 0.3) is 10.9 Å². The van der Waals surface area contributed by atoms with Gasteiger partial charge in [0.1, 0.15) is 0 Å². The summed E-state index contributed by atoms with van der Waals surface area (Å²) in [4.78, 5) is 3.50. The molecule has 0 unspecified atom stereocenters. The number of hydrogen-bond acceptors (Lipinski definition) is 0. The van der Waals surface area contributed by atoms with Crippen molar-refractivity contribution < 1.29 is 0 Å². The number of nitrogens with zero attached hydrogens (tertiary/aromatic N) is 1. The zero-order valence-electron chi connectivity index (χ0n) is 8.09. The zero-order valence-corrected chi connectivity index (χ0v) is 8.09. The van der Waals surface area contributed by atoms with Gasteiger partial charge in [-0.05, 0) is 18.1 Å². The highest BCUT2D eigenvalue weighted by atomic mass is 14.9. The van der Waals surface area contributed by atoms with E-state index in [1.54, 1.807) is 0 Å². The number of aromatic nitrogens is 1. The third-order valence-electron chi connectivity index (χ3n) is 2.94. The lowest BCUT2D eigenvalue weighted by Gasteiger charge is -1.96. The summed E-state index contributed by atoms with van der Waals surface area (Å²) in [5.74, 6) is 0.